The lowest BCUT2D eigenvalue weighted by molar-refractivity contribution is 0.0506. The SMILES string of the molecule is C[C@@H](NC(=O)OC(C)(C)C)c1cncn1CCN. The van der Waals surface area contributed by atoms with E-state index in [-0.39, 0.29) is 6.04 Å². The van der Waals surface area contributed by atoms with E-state index >= 15 is 0 Å². The minimum absolute atomic E-state index is 0.172. The Morgan fingerprint density at radius 3 is 2.83 bits per heavy atom. The molecule has 18 heavy (non-hydrogen) atoms. The summed E-state index contributed by atoms with van der Waals surface area (Å²) in [6, 6.07) is -0.172. The molecule has 1 rings (SSSR count). The lowest BCUT2D eigenvalue weighted by atomic mass is 10.2. The van der Waals surface area contributed by atoms with Crippen molar-refractivity contribution in [2.75, 3.05) is 6.54 Å². The van der Waals surface area contributed by atoms with Gasteiger partial charge < -0.3 is 20.4 Å². The normalized spacial score (nSPS) is 13.2. The molecular formula is C12H22N4O2. The fraction of sp³-hybridized carbons (Fsp3) is 0.667. The van der Waals surface area contributed by atoms with Crippen molar-refractivity contribution in [2.45, 2.75) is 45.9 Å². The van der Waals surface area contributed by atoms with E-state index < -0.39 is 11.7 Å². The number of nitrogens with zero attached hydrogens (tertiary/aromatic N) is 2. The van der Waals surface area contributed by atoms with Gasteiger partial charge in [0.05, 0.1) is 24.3 Å². The highest BCUT2D eigenvalue weighted by atomic mass is 16.6. The first-order valence-electron chi connectivity index (χ1n) is 6.03. The van der Waals surface area contributed by atoms with Gasteiger partial charge in [0.15, 0.2) is 0 Å². The molecule has 0 saturated heterocycles. The molecule has 6 heteroatoms. The fourth-order valence-electron chi connectivity index (χ4n) is 1.58. The Bertz CT molecular complexity index is 395. The molecule has 0 aliphatic carbocycles. The van der Waals surface area contributed by atoms with E-state index in [1.165, 1.54) is 0 Å². The highest BCUT2D eigenvalue weighted by Gasteiger charge is 2.19. The molecular weight excluding hydrogens is 232 g/mol. The molecule has 0 spiro atoms. The standard InChI is InChI=1S/C12H22N4O2/c1-9(15-11(17)18-12(2,3)4)10-7-14-8-16(10)6-5-13/h7-9H,5-6,13H2,1-4H3,(H,15,17)/t9-/m1/s1. The number of hydrogen-bond donors (Lipinski definition) is 2. The summed E-state index contributed by atoms with van der Waals surface area (Å²) >= 11 is 0. The summed E-state index contributed by atoms with van der Waals surface area (Å²) in [5.41, 5.74) is 5.92. The number of ether oxygens (including phenoxy) is 1. The number of nitrogens with two attached hydrogens (primary N) is 1. The average Bonchev–Trinajstić information content (AvgIpc) is 2.63. The first-order chi connectivity index (χ1) is 8.33. The van der Waals surface area contributed by atoms with Crippen LogP contribution in [0.4, 0.5) is 4.79 Å². The van der Waals surface area contributed by atoms with Gasteiger partial charge in [-0.25, -0.2) is 9.78 Å². The van der Waals surface area contributed by atoms with Crippen LogP contribution in [0.5, 0.6) is 0 Å². The number of nitrogens with one attached hydrogen (secondary N) is 1. The van der Waals surface area contributed by atoms with Gasteiger partial charge >= 0.3 is 6.09 Å². The smallest absolute Gasteiger partial charge is 0.408 e. The van der Waals surface area contributed by atoms with Gasteiger partial charge in [-0.15, -0.1) is 0 Å². The maximum atomic E-state index is 11.6. The monoisotopic (exact) mass is 254 g/mol. The predicted molar refractivity (Wildman–Crippen MR) is 69.1 cm³/mol. The van der Waals surface area contributed by atoms with Gasteiger partial charge in [-0.2, -0.15) is 0 Å². The molecule has 0 aliphatic rings. The number of amides is 1. The number of alkyl carbamates (subject to hydrolysis) is 1. The fourth-order valence-corrected chi connectivity index (χ4v) is 1.58. The summed E-state index contributed by atoms with van der Waals surface area (Å²) in [7, 11) is 0. The molecule has 0 aromatic carbocycles. The molecule has 0 fully saturated rings. The van der Waals surface area contributed by atoms with E-state index in [4.69, 9.17) is 10.5 Å². The van der Waals surface area contributed by atoms with Crippen molar-refractivity contribution in [3.63, 3.8) is 0 Å². The Hall–Kier alpha value is -1.56. The lowest BCUT2D eigenvalue weighted by Gasteiger charge is -2.22. The number of hydrogen-bond acceptors (Lipinski definition) is 4. The van der Waals surface area contributed by atoms with Gasteiger partial charge in [0.2, 0.25) is 0 Å². The number of rotatable bonds is 4. The van der Waals surface area contributed by atoms with E-state index in [1.807, 2.05) is 32.3 Å². The van der Waals surface area contributed by atoms with E-state index in [0.29, 0.717) is 13.1 Å². The van der Waals surface area contributed by atoms with Crippen molar-refractivity contribution >= 4 is 6.09 Å². The second-order valence-corrected chi connectivity index (χ2v) is 5.17. The van der Waals surface area contributed by atoms with Crippen LogP contribution in [0.1, 0.15) is 39.4 Å². The summed E-state index contributed by atoms with van der Waals surface area (Å²) in [5, 5.41) is 2.77. The van der Waals surface area contributed by atoms with Gasteiger partial charge in [0.25, 0.3) is 0 Å². The maximum absolute atomic E-state index is 11.6. The van der Waals surface area contributed by atoms with E-state index in [2.05, 4.69) is 10.3 Å². The zero-order chi connectivity index (χ0) is 13.8. The van der Waals surface area contributed by atoms with E-state index in [1.54, 1.807) is 12.5 Å². The third-order valence-electron chi connectivity index (χ3n) is 2.29. The van der Waals surface area contributed by atoms with Gasteiger partial charge in [-0.3, -0.25) is 0 Å². The van der Waals surface area contributed by atoms with Crippen molar-refractivity contribution in [2.24, 2.45) is 5.73 Å². The van der Waals surface area contributed by atoms with Crippen LogP contribution in [-0.4, -0.2) is 27.8 Å². The molecule has 1 aromatic heterocycles. The Morgan fingerprint density at radius 2 is 2.28 bits per heavy atom. The van der Waals surface area contributed by atoms with Crippen molar-refractivity contribution in [3.8, 4) is 0 Å². The van der Waals surface area contributed by atoms with Gasteiger partial charge in [0.1, 0.15) is 5.60 Å². The van der Waals surface area contributed by atoms with Crippen LogP contribution >= 0.6 is 0 Å². The van der Waals surface area contributed by atoms with Crippen LogP contribution in [-0.2, 0) is 11.3 Å². The first kappa shape index (κ1) is 14.5. The molecule has 6 nitrogen and oxygen atoms in total. The Kier molecular flexibility index (Phi) is 4.72. The van der Waals surface area contributed by atoms with E-state index in [9.17, 15) is 4.79 Å². The summed E-state index contributed by atoms with van der Waals surface area (Å²) in [6.45, 7) is 8.58. The Labute approximate surface area is 108 Å². The third kappa shape index (κ3) is 4.37. The van der Waals surface area contributed by atoms with Crippen LogP contribution in [0.25, 0.3) is 0 Å². The Morgan fingerprint density at radius 1 is 1.61 bits per heavy atom. The molecule has 1 aromatic rings. The van der Waals surface area contributed by atoms with Gasteiger partial charge in [-0.1, -0.05) is 0 Å². The molecule has 0 radical (unpaired) electrons. The van der Waals surface area contributed by atoms with Crippen LogP contribution < -0.4 is 11.1 Å². The molecule has 0 unspecified atom stereocenters. The minimum atomic E-state index is -0.499. The van der Waals surface area contributed by atoms with Crippen molar-refractivity contribution in [3.05, 3.63) is 18.2 Å². The van der Waals surface area contributed by atoms with Crippen molar-refractivity contribution < 1.29 is 9.53 Å². The summed E-state index contributed by atoms with van der Waals surface area (Å²) < 4.78 is 7.12. The summed E-state index contributed by atoms with van der Waals surface area (Å²) in [5.74, 6) is 0. The Balaban J connectivity index is 2.62. The molecule has 1 heterocycles. The number of carbonyl (C=O) groups excluding carboxylic acids is 1. The zero-order valence-electron chi connectivity index (χ0n) is 11.4. The minimum Gasteiger partial charge on any atom is -0.444 e. The van der Waals surface area contributed by atoms with Gasteiger partial charge in [-0.05, 0) is 27.7 Å². The zero-order valence-corrected chi connectivity index (χ0v) is 11.4. The topological polar surface area (TPSA) is 82.2 Å². The first-order valence-corrected chi connectivity index (χ1v) is 6.03. The number of imidazole rings is 1. The lowest BCUT2D eigenvalue weighted by Crippen LogP contribution is -2.34. The number of aromatic nitrogens is 2. The molecule has 0 aliphatic heterocycles. The van der Waals surface area contributed by atoms with Crippen LogP contribution in [0.2, 0.25) is 0 Å². The van der Waals surface area contributed by atoms with Gasteiger partial charge in [0, 0.05) is 13.1 Å². The molecule has 0 saturated carbocycles. The molecule has 0 bridgehead atoms. The molecule has 3 N–H and O–H groups in total. The molecule has 1 atom stereocenters. The largest absolute Gasteiger partial charge is 0.444 e. The highest BCUT2D eigenvalue weighted by Crippen LogP contribution is 2.13. The van der Waals surface area contributed by atoms with Crippen molar-refractivity contribution in [1.29, 1.82) is 0 Å². The average molecular weight is 254 g/mol. The highest BCUT2D eigenvalue weighted by molar-refractivity contribution is 5.68. The van der Waals surface area contributed by atoms with Crippen LogP contribution in [0, 0.1) is 0 Å². The quantitative estimate of drug-likeness (QED) is 0.851. The summed E-state index contributed by atoms with van der Waals surface area (Å²) in [4.78, 5) is 15.7. The third-order valence-corrected chi connectivity index (χ3v) is 2.29. The number of carbonyl (C=O) groups is 1. The van der Waals surface area contributed by atoms with Crippen molar-refractivity contribution in [1.82, 2.24) is 14.9 Å². The predicted octanol–water partition coefficient (Wildman–Crippen LogP) is 1.43. The van der Waals surface area contributed by atoms with Crippen LogP contribution in [0.3, 0.4) is 0 Å². The maximum Gasteiger partial charge on any atom is 0.408 e. The summed E-state index contributed by atoms with van der Waals surface area (Å²) in [6.07, 6.45) is 2.99. The molecule has 1 amide bonds. The van der Waals surface area contributed by atoms with Crippen LogP contribution in [0.15, 0.2) is 12.5 Å². The molecule has 102 valence electrons. The second-order valence-electron chi connectivity index (χ2n) is 5.17. The van der Waals surface area contributed by atoms with E-state index in [0.717, 1.165) is 5.69 Å². The second kappa shape index (κ2) is 5.86.